The van der Waals surface area contributed by atoms with E-state index >= 15 is 0 Å². The number of amides is 1. The minimum Gasteiger partial charge on any atom is -0.350 e. The van der Waals surface area contributed by atoms with Crippen LogP contribution in [0.15, 0.2) is 0 Å². The molecule has 3 saturated carbocycles. The largest absolute Gasteiger partial charge is 0.350 e. The lowest BCUT2D eigenvalue weighted by Gasteiger charge is -2.29. The maximum atomic E-state index is 12.3. The van der Waals surface area contributed by atoms with Gasteiger partial charge in [-0.05, 0) is 56.8 Å². The summed E-state index contributed by atoms with van der Waals surface area (Å²) in [5, 5.41) is 3.23. The highest BCUT2D eigenvalue weighted by Gasteiger charge is 2.67. The molecular formula is C14H22BrNO. The van der Waals surface area contributed by atoms with Crippen LogP contribution in [0.2, 0.25) is 0 Å². The average Bonchev–Trinajstić information content (AvgIpc) is 2.68. The normalized spacial score (nSPS) is 44.4. The maximum Gasteiger partial charge on any atom is 0.224 e. The second kappa shape index (κ2) is 3.72. The summed E-state index contributed by atoms with van der Waals surface area (Å²) < 4.78 is 0. The molecule has 2 bridgehead atoms. The van der Waals surface area contributed by atoms with Gasteiger partial charge in [0, 0.05) is 16.3 Å². The zero-order valence-corrected chi connectivity index (χ0v) is 12.5. The van der Waals surface area contributed by atoms with Crippen molar-refractivity contribution in [3.05, 3.63) is 0 Å². The summed E-state index contributed by atoms with van der Waals surface area (Å²) in [6.07, 6.45) is 4.18. The molecule has 1 N–H and O–H groups in total. The number of alkyl halides is 1. The van der Waals surface area contributed by atoms with Crippen LogP contribution in [0.5, 0.6) is 0 Å². The molecule has 0 aromatic heterocycles. The van der Waals surface area contributed by atoms with Gasteiger partial charge in [-0.3, -0.25) is 4.79 Å². The Hall–Kier alpha value is -0.0500. The average molecular weight is 300 g/mol. The molecule has 0 aliphatic heterocycles. The van der Waals surface area contributed by atoms with Gasteiger partial charge >= 0.3 is 0 Å². The van der Waals surface area contributed by atoms with E-state index < -0.39 is 0 Å². The highest BCUT2D eigenvalue weighted by Crippen LogP contribution is 2.69. The van der Waals surface area contributed by atoms with E-state index in [-0.39, 0.29) is 5.54 Å². The van der Waals surface area contributed by atoms with E-state index in [1.807, 2.05) is 0 Å². The van der Waals surface area contributed by atoms with Crippen LogP contribution < -0.4 is 5.32 Å². The number of carbonyl (C=O) groups is 1. The van der Waals surface area contributed by atoms with Crippen molar-refractivity contribution in [2.45, 2.75) is 50.4 Å². The third kappa shape index (κ3) is 1.76. The Kier molecular flexibility index (Phi) is 2.63. The van der Waals surface area contributed by atoms with Crippen molar-refractivity contribution in [3.63, 3.8) is 0 Å². The fourth-order valence-corrected chi connectivity index (χ4v) is 4.29. The Labute approximate surface area is 112 Å². The number of nitrogens with one attached hydrogen (secondary N) is 1. The van der Waals surface area contributed by atoms with Crippen molar-refractivity contribution in [1.29, 1.82) is 0 Å². The molecule has 3 aliphatic carbocycles. The van der Waals surface area contributed by atoms with E-state index in [1.54, 1.807) is 0 Å². The minimum absolute atomic E-state index is 0.146. The predicted octanol–water partition coefficient (Wildman–Crippen LogP) is 2.96. The van der Waals surface area contributed by atoms with Gasteiger partial charge in [-0.15, -0.1) is 0 Å². The molecule has 0 aromatic carbocycles. The van der Waals surface area contributed by atoms with Crippen molar-refractivity contribution in [2.24, 2.45) is 29.6 Å². The van der Waals surface area contributed by atoms with E-state index in [2.05, 4.69) is 42.0 Å². The van der Waals surface area contributed by atoms with Crippen LogP contribution in [0.25, 0.3) is 0 Å². The molecule has 5 unspecified atom stereocenters. The Morgan fingerprint density at radius 1 is 1.29 bits per heavy atom. The van der Waals surface area contributed by atoms with Crippen LogP contribution >= 0.6 is 15.9 Å². The van der Waals surface area contributed by atoms with Gasteiger partial charge in [0.25, 0.3) is 0 Å². The second-order valence-electron chi connectivity index (χ2n) is 6.84. The molecule has 3 fully saturated rings. The van der Waals surface area contributed by atoms with Crippen LogP contribution in [0.1, 0.15) is 40.0 Å². The first-order valence-corrected chi connectivity index (χ1v) is 7.79. The first-order valence-electron chi connectivity index (χ1n) is 6.88. The Balaban J connectivity index is 1.63. The molecule has 0 spiro atoms. The number of rotatable bonds is 3. The molecule has 3 heteroatoms. The minimum atomic E-state index is -0.146. The van der Waals surface area contributed by atoms with Gasteiger partial charge in [0.05, 0.1) is 0 Å². The van der Waals surface area contributed by atoms with Crippen molar-refractivity contribution < 1.29 is 4.79 Å². The van der Waals surface area contributed by atoms with Gasteiger partial charge in [-0.2, -0.15) is 0 Å². The third-order valence-corrected chi connectivity index (χ3v) is 6.62. The van der Waals surface area contributed by atoms with Crippen molar-refractivity contribution >= 4 is 21.8 Å². The zero-order valence-electron chi connectivity index (χ0n) is 10.9. The van der Waals surface area contributed by atoms with Crippen molar-refractivity contribution in [3.8, 4) is 0 Å². The van der Waals surface area contributed by atoms with E-state index in [4.69, 9.17) is 0 Å². The summed E-state index contributed by atoms with van der Waals surface area (Å²) in [5.41, 5.74) is -0.146. The van der Waals surface area contributed by atoms with Crippen LogP contribution in [0, 0.1) is 29.6 Å². The summed E-state index contributed by atoms with van der Waals surface area (Å²) in [4.78, 5) is 12.6. The lowest BCUT2D eigenvalue weighted by molar-refractivity contribution is -0.124. The van der Waals surface area contributed by atoms with E-state index in [9.17, 15) is 4.79 Å². The SMILES string of the molecule is CC(Br)C(C)(C)NC(=O)C1C2C3CCC(C3)C12. The maximum absolute atomic E-state index is 12.3. The third-order valence-electron chi connectivity index (χ3n) is 5.48. The number of fused-ring (bicyclic) bond motifs is 5. The highest BCUT2D eigenvalue weighted by molar-refractivity contribution is 9.09. The van der Waals surface area contributed by atoms with Crippen LogP contribution in [-0.4, -0.2) is 16.3 Å². The quantitative estimate of drug-likeness (QED) is 0.798. The first-order chi connectivity index (χ1) is 7.92. The zero-order chi connectivity index (χ0) is 12.4. The van der Waals surface area contributed by atoms with Gasteiger partial charge < -0.3 is 5.32 Å². The second-order valence-corrected chi connectivity index (χ2v) is 8.21. The molecule has 96 valence electrons. The molecule has 0 radical (unpaired) electrons. The van der Waals surface area contributed by atoms with Gasteiger partial charge in [0.1, 0.15) is 0 Å². The van der Waals surface area contributed by atoms with Gasteiger partial charge in [0.2, 0.25) is 5.91 Å². The summed E-state index contributed by atoms with van der Waals surface area (Å²) in [6.45, 7) is 6.28. The fourth-order valence-electron chi connectivity index (χ4n) is 4.18. The molecule has 2 nitrogen and oxygen atoms in total. The van der Waals surface area contributed by atoms with Gasteiger partial charge in [-0.25, -0.2) is 0 Å². The Morgan fingerprint density at radius 2 is 1.82 bits per heavy atom. The Bertz CT molecular complexity index is 336. The predicted molar refractivity (Wildman–Crippen MR) is 71.9 cm³/mol. The number of hydrogen-bond donors (Lipinski definition) is 1. The Morgan fingerprint density at radius 3 is 2.29 bits per heavy atom. The summed E-state index contributed by atoms with van der Waals surface area (Å²) >= 11 is 3.58. The van der Waals surface area contributed by atoms with Gasteiger partial charge in [0.15, 0.2) is 0 Å². The summed E-state index contributed by atoms with van der Waals surface area (Å²) in [7, 11) is 0. The molecule has 0 saturated heterocycles. The molecule has 17 heavy (non-hydrogen) atoms. The monoisotopic (exact) mass is 299 g/mol. The van der Waals surface area contributed by atoms with E-state index in [0.29, 0.717) is 16.7 Å². The smallest absolute Gasteiger partial charge is 0.224 e. The topological polar surface area (TPSA) is 29.1 Å². The van der Waals surface area contributed by atoms with E-state index in [1.165, 1.54) is 19.3 Å². The molecule has 0 aromatic rings. The van der Waals surface area contributed by atoms with E-state index in [0.717, 1.165) is 23.7 Å². The molecule has 3 rings (SSSR count). The van der Waals surface area contributed by atoms with Gasteiger partial charge in [-0.1, -0.05) is 22.9 Å². The molecular weight excluding hydrogens is 278 g/mol. The molecule has 5 atom stereocenters. The first kappa shape index (κ1) is 12.0. The van der Waals surface area contributed by atoms with Crippen LogP contribution in [-0.2, 0) is 4.79 Å². The lowest BCUT2D eigenvalue weighted by Crippen LogP contribution is -2.49. The van der Waals surface area contributed by atoms with Crippen molar-refractivity contribution in [2.75, 3.05) is 0 Å². The fraction of sp³-hybridized carbons (Fsp3) is 0.929. The van der Waals surface area contributed by atoms with Crippen molar-refractivity contribution in [1.82, 2.24) is 5.32 Å². The van der Waals surface area contributed by atoms with Crippen LogP contribution in [0.4, 0.5) is 0 Å². The highest BCUT2D eigenvalue weighted by atomic mass is 79.9. The lowest BCUT2D eigenvalue weighted by atomic mass is 9.98. The summed E-state index contributed by atoms with van der Waals surface area (Å²) in [6, 6.07) is 0. The molecule has 0 heterocycles. The molecule has 1 amide bonds. The number of hydrogen-bond acceptors (Lipinski definition) is 1. The standard InChI is InChI=1S/C14H22BrNO/c1-7(15)14(2,3)16-13(17)12-10-8-4-5-9(6-8)11(10)12/h7-12H,4-6H2,1-3H3,(H,16,17). The molecule has 3 aliphatic rings. The van der Waals surface area contributed by atoms with Crippen LogP contribution in [0.3, 0.4) is 0 Å². The number of halogens is 1. The number of carbonyl (C=O) groups excluding carboxylic acids is 1. The summed E-state index contributed by atoms with van der Waals surface area (Å²) in [5.74, 6) is 3.92.